The van der Waals surface area contributed by atoms with Crippen LogP contribution in [-0.2, 0) is 11.3 Å². The third-order valence-electron chi connectivity index (χ3n) is 5.06. The number of benzene rings is 2. The number of halogens is 3. The Kier molecular flexibility index (Phi) is 9.62. The van der Waals surface area contributed by atoms with Crippen molar-refractivity contribution in [1.29, 1.82) is 0 Å². The van der Waals surface area contributed by atoms with E-state index < -0.39 is 6.04 Å². The first-order chi connectivity index (χ1) is 16.6. The van der Waals surface area contributed by atoms with Gasteiger partial charge in [0.05, 0.1) is 22.4 Å². The van der Waals surface area contributed by atoms with E-state index in [0.29, 0.717) is 28.1 Å². The van der Waals surface area contributed by atoms with Gasteiger partial charge in [0, 0.05) is 20.8 Å². The van der Waals surface area contributed by atoms with Crippen molar-refractivity contribution in [1.82, 2.24) is 20.1 Å². The highest BCUT2D eigenvalue weighted by Gasteiger charge is 2.21. The summed E-state index contributed by atoms with van der Waals surface area (Å²) in [6.45, 7) is 9.96. The molecule has 1 heterocycles. The molecular weight excluding hydrogens is 620 g/mol. The normalized spacial score (nSPS) is 11.7. The van der Waals surface area contributed by atoms with Crippen LogP contribution < -0.4 is 10.6 Å². The van der Waals surface area contributed by atoms with Gasteiger partial charge in [-0.2, -0.15) is 0 Å². The third kappa shape index (κ3) is 6.99. The summed E-state index contributed by atoms with van der Waals surface area (Å²) in [6.07, 6.45) is 1.71. The lowest BCUT2D eigenvalue weighted by Gasteiger charge is -2.16. The minimum Gasteiger partial charge on any atom is -0.342 e. The van der Waals surface area contributed by atoms with Gasteiger partial charge in [-0.05, 0) is 84.8 Å². The first kappa shape index (κ1) is 27.5. The van der Waals surface area contributed by atoms with Gasteiger partial charge in [0.1, 0.15) is 0 Å². The monoisotopic (exact) mass is 643 g/mol. The number of carbonyl (C=O) groups excluding carboxylic acids is 2. The van der Waals surface area contributed by atoms with Gasteiger partial charge in [-0.25, -0.2) is 0 Å². The Balaban J connectivity index is 1.70. The second-order valence-electron chi connectivity index (χ2n) is 7.81. The standard InChI is InChI=1S/C24H24Cl2IN5O2S/c1-5-8-32-22(15(4)28-23(34)18-7-6-16(25)11-19(18)26)30-31-24(32)35-12-20(33)29-21-13(2)9-17(27)10-14(21)3/h5-7,9-11,15H,1,8,12H2,2-4H3,(H,28,34)(H,29,33). The molecule has 3 rings (SSSR count). The van der Waals surface area contributed by atoms with Crippen molar-refractivity contribution in [3.05, 3.63) is 79.1 Å². The zero-order valence-corrected chi connectivity index (χ0v) is 23.8. The molecule has 0 radical (unpaired) electrons. The first-order valence-corrected chi connectivity index (χ1v) is 13.4. The van der Waals surface area contributed by atoms with Crippen molar-refractivity contribution in [2.24, 2.45) is 0 Å². The Morgan fingerprint density at radius 1 is 1.20 bits per heavy atom. The van der Waals surface area contributed by atoms with Crippen molar-refractivity contribution < 1.29 is 9.59 Å². The predicted octanol–water partition coefficient (Wildman–Crippen LogP) is 6.21. The van der Waals surface area contributed by atoms with Crippen molar-refractivity contribution >= 4 is 75.1 Å². The van der Waals surface area contributed by atoms with Crippen LogP contribution in [0.25, 0.3) is 0 Å². The van der Waals surface area contributed by atoms with Crippen LogP contribution >= 0.6 is 57.6 Å². The molecule has 1 atom stereocenters. The van der Waals surface area contributed by atoms with Crippen molar-refractivity contribution in [2.45, 2.75) is 38.5 Å². The molecule has 0 aliphatic carbocycles. The van der Waals surface area contributed by atoms with Gasteiger partial charge in [-0.3, -0.25) is 9.59 Å². The molecule has 0 aliphatic heterocycles. The second-order valence-corrected chi connectivity index (χ2v) is 10.8. The Morgan fingerprint density at radius 2 is 1.89 bits per heavy atom. The molecule has 0 saturated carbocycles. The number of aromatic nitrogens is 3. The molecule has 2 amide bonds. The number of aryl methyl sites for hydroxylation is 2. The summed E-state index contributed by atoms with van der Waals surface area (Å²) >= 11 is 15.6. The topological polar surface area (TPSA) is 88.9 Å². The van der Waals surface area contributed by atoms with E-state index in [2.05, 4.69) is 50.0 Å². The minimum absolute atomic E-state index is 0.143. The zero-order valence-electron chi connectivity index (χ0n) is 19.4. The lowest BCUT2D eigenvalue weighted by Crippen LogP contribution is -2.29. The maximum atomic E-state index is 12.7. The van der Waals surface area contributed by atoms with E-state index in [1.807, 2.05) is 30.5 Å². The van der Waals surface area contributed by atoms with Crippen molar-refractivity contribution in [3.8, 4) is 0 Å². The van der Waals surface area contributed by atoms with Gasteiger partial charge < -0.3 is 15.2 Å². The van der Waals surface area contributed by atoms with Crippen LogP contribution in [0.15, 0.2) is 48.1 Å². The number of nitrogens with one attached hydrogen (secondary N) is 2. The van der Waals surface area contributed by atoms with Gasteiger partial charge in [0.2, 0.25) is 5.91 Å². The number of nitrogens with zero attached hydrogens (tertiary/aromatic N) is 3. The molecule has 3 aromatic rings. The van der Waals surface area contributed by atoms with Gasteiger partial charge in [-0.1, -0.05) is 41.0 Å². The Morgan fingerprint density at radius 3 is 2.51 bits per heavy atom. The molecule has 0 saturated heterocycles. The van der Waals surface area contributed by atoms with Gasteiger partial charge in [0.25, 0.3) is 5.91 Å². The Bertz CT molecular complexity index is 1260. The number of thioether (sulfide) groups is 1. The maximum Gasteiger partial charge on any atom is 0.253 e. The van der Waals surface area contributed by atoms with E-state index in [1.54, 1.807) is 25.1 Å². The summed E-state index contributed by atoms with van der Waals surface area (Å²) in [5.74, 6) is 0.192. The highest BCUT2D eigenvalue weighted by molar-refractivity contribution is 14.1. The first-order valence-electron chi connectivity index (χ1n) is 10.6. The third-order valence-corrected chi connectivity index (χ3v) is 7.20. The highest BCUT2D eigenvalue weighted by Crippen LogP contribution is 2.26. The van der Waals surface area contributed by atoms with E-state index >= 15 is 0 Å². The Hall–Kier alpha value is -2.08. The summed E-state index contributed by atoms with van der Waals surface area (Å²) < 4.78 is 2.94. The molecule has 11 heteroatoms. The largest absolute Gasteiger partial charge is 0.342 e. The van der Waals surface area contributed by atoms with Crippen LogP contribution in [0.3, 0.4) is 0 Å². The van der Waals surface area contributed by atoms with E-state index in [1.165, 1.54) is 17.8 Å². The van der Waals surface area contributed by atoms with Crippen LogP contribution in [0.5, 0.6) is 0 Å². The molecule has 0 spiro atoms. The average molecular weight is 644 g/mol. The fourth-order valence-electron chi connectivity index (χ4n) is 3.45. The van der Waals surface area contributed by atoms with Gasteiger partial charge in [0.15, 0.2) is 11.0 Å². The number of hydrogen-bond donors (Lipinski definition) is 2. The van der Waals surface area contributed by atoms with Crippen LogP contribution in [0.1, 0.15) is 40.3 Å². The molecule has 2 N–H and O–H groups in total. The molecule has 0 fully saturated rings. The minimum atomic E-state index is -0.470. The molecule has 0 aliphatic rings. The van der Waals surface area contributed by atoms with Gasteiger partial charge in [-0.15, -0.1) is 16.8 Å². The summed E-state index contributed by atoms with van der Waals surface area (Å²) in [5, 5.41) is 15.6. The highest BCUT2D eigenvalue weighted by atomic mass is 127. The van der Waals surface area contributed by atoms with Crippen LogP contribution in [0, 0.1) is 17.4 Å². The quantitative estimate of drug-likeness (QED) is 0.164. The molecule has 0 bridgehead atoms. The lowest BCUT2D eigenvalue weighted by atomic mass is 10.1. The fraction of sp³-hybridized carbons (Fsp3) is 0.250. The van der Waals surface area contributed by atoms with E-state index in [-0.39, 0.29) is 22.6 Å². The van der Waals surface area contributed by atoms with Crippen LogP contribution in [0.4, 0.5) is 5.69 Å². The van der Waals surface area contributed by atoms with Crippen LogP contribution in [0.2, 0.25) is 10.0 Å². The summed E-state index contributed by atoms with van der Waals surface area (Å²) in [5.41, 5.74) is 3.15. The number of allylic oxidation sites excluding steroid dienone is 1. The summed E-state index contributed by atoms with van der Waals surface area (Å²) in [6, 6.07) is 8.26. The predicted molar refractivity (Wildman–Crippen MR) is 151 cm³/mol. The smallest absolute Gasteiger partial charge is 0.253 e. The molecule has 1 unspecified atom stereocenters. The van der Waals surface area contributed by atoms with E-state index in [4.69, 9.17) is 23.2 Å². The number of hydrogen-bond acceptors (Lipinski definition) is 5. The fourth-order valence-corrected chi connectivity index (χ4v) is 5.64. The average Bonchev–Trinajstić information content (AvgIpc) is 3.17. The number of carbonyl (C=O) groups is 2. The Labute approximate surface area is 232 Å². The summed E-state index contributed by atoms with van der Waals surface area (Å²) in [4.78, 5) is 25.4. The summed E-state index contributed by atoms with van der Waals surface area (Å²) in [7, 11) is 0. The van der Waals surface area contributed by atoms with Gasteiger partial charge >= 0.3 is 0 Å². The van der Waals surface area contributed by atoms with Crippen molar-refractivity contribution in [3.63, 3.8) is 0 Å². The zero-order chi connectivity index (χ0) is 25.7. The van der Waals surface area contributed by atoms with Crippen molar-refractivity contribution in [2.75, 3.05) is 11.1 Å². The number of amides is 2. The molecule has 35 heavy (non-hydrogen) atoms. The molecule has 184 valence electrons. The maximum absolute atomic E-state index is 12.7. The lowest BCUT2D eigenvalue weighted by molar-refractivity contribution is -0.113. The number of rotatable bonds is 9. The molecule has 1 aromatic heterocycles. The molecular formula is C24H24Cl2IN5O2S. The number of anilines is 1. The molecule has 7 nitrogen and oxygen atoms in total. The SMILES string of the molecule is C=CCn1c(SCC(=O)Nc2c(C)cc(I)cc2C)nnc1C(C)NC(=O)c1ccc(Cl)cc1Cl. The second kappa shape index (κ2) is 12.2. The van der Waals surface area contributed by atoms with Crippen LogP contribution in [-0.4, -0.2) is 32.3 Å². The molecule has 2 aromatic carbocycles. The van der Waals surface area contributed by atoms with E-state index in [0.717, 1.165) is 20.4 Å². The van der Waals surface area contributed by atoms with E-state index in [9.17, 15) is 9.59 Å².